The molecule has 0 spiro atoms. The maximum Gasteiger partial charge on any atom is 0.195 e. The van der Waals surface area contributed by atoms with Crippen LogP contribution in [-0.2, 0) is 6.54 Å². The van der Waals surface area contributed by atoms with Crippen molar-refractivity contribution in [3.8, 4) is 11.4 Å². The Morgan fingerprint density at radius 1 is 1.25 bits per heavy atom. The average molecular weight is 290 g/mol. The van der Waals surface area contributed by atoms with Crippen molar-refractivity contribution >= 4 is 12.2 Å². The molecule has 2 aromatic rings. The number of hydrogen-bond acceptors (Lipinski definition) is 3. The van der Waals surface area contributed by atoms with Gasteiger partial charge in [-0.1, -0.05) is 27.7 Å². The summed E-state index contributed by atoms with van der Waals surface area (Å²) in [4.78, 5) is 4.16. The van der Waals surface area contributed by atoms with E-state index in [2.05, 4.69) is 47.4 Å². The molecule has 2 heterocycles. The quantitative estimate of drug-likeness (QED) is 0.849. The van der Waals surface area contributed by atoms with Crippen LogP contribution in [0.1, 0.15) is 27.7 Å². The number of aromatic nitrogens is 4. The summed E-state index contributed by atoms with van der Waals surface area (Å²) in [6.45, 7) is 9.93. The smallest absolute Gasteiger partial charge is 0.195 e. The first-order valence-corrected chi connectivity index (χ1v) is 7.47. The standard InChI is InChI=1S/C15H22N4S/c1-10(2)13(11(3)4)9-19-14(17-18-15(19)20)12-6-5-7-16-8-12/h5-8,10-11,13H,9H2,1-4H3,(H,18,20). The van der Waals surface area contributed by atoms with Gasteiger partial charge in [0.2, 0.25) is 0 Å². The zero-order valence-corrected chi connectivity index (χ0v) is 13.3. The number of H-pyrrole nitrogens is 1. The average Bonchev–Trinajstić information content (AvgIpc) is 2.77. The van der Waals surface area contributed by atoms with Crippen LogP contribution in [0, 0.1) is 22.5 Å². The van der Waals surface area contributed by atoms with E-state index in [1.54, 1.807) is 6.20 Å². The Morgan fingerprint density at radius 2 is 1.95 bits per heavy atom. The number of hydrogen-bond donors (Lipinski definition) is 1. The predicted molar refractivity (Wildman–Crippen MR) is 83.8 cm³/mol. The Hall–Kier alpha value is -1.49. The molecule has 0 aliphatic carbocycles. The van der Waals surface area contributed by atoms with Crippen molar-refractivity contribution in [2.24, 2.45) is 17.8 Å². The van der Waals surface area contributed by atoms with Gasteiger partial charge >= 0.3 is 0 Å². The van der Waals surface area contributed by atoms with Gasteiger partial charge in [0, 0.05) is 24.5 Å². The molecular weight excluding hydrogens is 268 g/mol. The van der Waals surface area contributed by atoms with Gasteiger partial charge in [-0.3, -0.25) is 14.6 Å². The number of nitrogens with zero attached hydrogens (tertiary/aromatic N) is 3. The third kappa shape index (κ3) is 3.15. The molecule has 0 radical (unpaired) electrons. The van der Waals surface area contributed by atoms with Crippen LogP contribution in [0.25, 0.3) is 11.4 Å². The number of aromatic amines is 1. The highest BCUT2D eigenvalue weighted by molar-refractivity contribution is 7.71. The van der Waals surface area contributed by atoms with E-state index in [4.69, 9.17) is 12.2 Å². The molecule has 0 aromatic carbocycles. The topological polar surface area (TPSA) is 46.5 Å². The summed E-state index contributed by atoms with van der Waals surface area (Å²) in [5.41, 5.74) is 0.992. The monoisotopic (exact) mass is 290 g/mol. The third-order valence-corrected chi connectivity index (χ3v) is 4.10. The fraction of sp³-hybridized carbons (Fsp3) is 0.533. The Kier molecular flexibility index (Phi) is 4.70. The summed E-state index contributed by atoms with van der Waals surface area (Å²) in [6, 6.07) is 3.92. The maximum absolute atomic E-state index is 5.39. The molecule has 4 nitrogen and oxygen atoms in total. The third-order valence-electron chi connectivity index (χ3n) is 3.78. The van der Waals surface area contributed by atoms with Gasteiger partial charge in [-0.15, -0.1) is 0 Å². The van der Waals surface area contributed by atoms with E-state index in [9.17, 15) is 0 Å². The van der Waals surface area contributed by atoms with E-state index in [0.29, 0.717) is 22.5 Å². The molecule has 0 unspecified atom stereocenters. The SMILES string of the molecule is CC(C)C(Cn1c(-c2cccnc2)n[nH]c1=S)C(C)C. The molecule has 20 heavy (non-hydrogen) atoms. The van der Waals surface area contributed by atoms with Crippen LogP contribution in [0.5, 0.6) is 0 Å². The van der Waals surface area contributed by atoms with Crippen LogP contribution in [0.15, 0.2) is 24.5 Å². The molecule has 0 aliphatic heterocycles. The lowest BCUT2D eigenvalue weighted by Gasteiger charge is -2.25. The zero-order chi connectivity index (χ0) is 14.7. The Morgan fingerprint density at radius 3 is 2.50 bits per heavy atom. The van der Waals surface area contributed by atoms with Gasteiger partial charge < -0.3 is 0 Å². The molecule has 0 saturated carbocycles. The molecule has 0 fully saturated rings. The van der Waals surface area contributed by atoms with Gasteiger partial charge in [-0.25, -0.2) is 0 Å². The van der Waals surface area contributed by atoms with Crippen molar-refractivity contribution in [1.29, 1.82) is 0 Å². The molecule has 0 atom stereocenters. The Bertz CT molecular complexity index is 590. The molecule has 1 N–H and O–H groups in total. The number of rotatable bonds is 5. The van der Waals surface area contributed by atoms with Gasteiger partial charge in [0.1, 0.15) is 0 Å². The van der Waals surface area contributed by atoms with Gasteiger partial charge in [0.05, 0.1) is 0 Å². The van der Waals surface area contributed by atoms with E-state index in [1.807, 2.05) is 18.3 Å². The van der Waals surface area contributed by atoms with Crippen molar-refractivity contribution in [3.63, 3.8) is 0 Å². The highest BCUT2D eigenvalue weighted by atomic mass is 32.1. The fourth-order valence-electron chi connectivity index (χ4n) is 2.60. The zero-order valence-electron chi connectivity index (χ0n) is 12.5. The van der Waals surface area contributed by atoms with Crippen molar-refractivity contribution in [1.82, 2.24) is 19.7 Å². The first kappa shape index (κ1) is 14.9. The molecule has 0 saturated heterocycles. The van der Waals surface area contributed by atoms with Crippen LogP contribution in [0.3, 0.4) is 0 Å². The highest BCUT2D eigenvalue weighted by Gasteiger charge is 2.20. The minimum Gasteiger partial charge on any atom is -0.300 e. The highest BCUT2D eigenvalue weighted by Crippen LogP contribution is 2.25. The van der Waals surface area contributed by atoms with Crippen LogP contribution >= 0.6 is 12.2 Å². The molecule has 0 amide bonds. The summed E-state index contributed by atoms with van der Waals surface area (Å²) >= 11 is 5.39. The summed E-state index contributed by atoms with van der Waals surface area (Å²) in [6.07, 6.45) is 3.58. The Balaban J connectivity index is 2.38. The first-order chi connectivity index (χ1) is 9.50. The Labute approximate surface area is 125 Å². The van der Waals surface area contributed by atoms with Crippen LogP contribution in [-0.4, -0.2) is 19.7 Å². The lowest BCUT2D eigenvalue weighted by molar-refractivity contribution is 0.251. The van der Waals surface area contributed by atoms with Crippen molar-refractivity contribution in [3.05, 3.63) is 29.3 Å². The largest absolute Gasteiger partial charge is 0.300 e. The van der Waals surface area contributed by atoms with Crippen LogP contribution in [0.4, 0.5) is 0 Å². The molecular formula is C15H22N4S. The van der Waals surface area contributed by atoms with E-state index in [1.165, 1.54) is 0 Å². The summed E-state index contributed by atoms with van der Waals surface area (Å²) in [5.74, 6) is 2.64. The molecule has 108 valence electrons. The normalized spacial score (nSPS) is 11.8. The lowest BCUT2D eigenvalue weighted by Crippen LogP contribution is -2.22. The van der Waals surface area contributed by atoms with Gasteiger partial charge in [-0.2, -0.15) is 5.10 Å². The van der Waals surface area contributed by atoms with E-state index < -0.39 is 0 Å². The molecule has 2 rings (SSSR count). The second-order valence-electron chi connectivity index (χ2n) is 5.86. The van der Waals surface area contributed by atoms with Crippen molar-refractivity contribution < 1.29 is 0 Å². The summed E-state index contributed by atoms with van der Waals surface area (Å²) in [5, 5.41) is 7.27. The minimum absolute atomic E-state index is 0.565. The van der Waals surface area contributed by atoms with Crippen LogP contribution in [0.2, 0.25) is 0 Å². The molecule has 0 bridgehead atoms. The first-order valence-electron chi connectivity index (χ1n) is 7.06. The van der Waals surface area contributed by atoms with E-state index in [-0.39, 0.29) is 0 Å². The second-order valence-corrected chi connectivity index (χ2v) is 6.24. The number of pyridine rings is 1. The van der Waals surface area contributed by atoms with Gasteiger partial charge in [-0.05, 0) is 42.1 Å². The maximum atomic E-state index is 5.39. The fourth-order valence-corrected chi connectivity index (χ4v) is 2.81. The van der Waals surface area contributed by atoms with Gasteiger partial charge in [0.25, 0.3) is 0 Å². The van der Waals surface area contributed by atoms with E-state index >= 15 is 0 Å². The molecule has 5 heteroatoms. The van der Waals surface area contributed by atoms with Crippen molar-refractivity contribution in [2.45, 2.75) is 34.2 Å². The van der Waals surface area contributed by atoms with Crippen LogP contribution < -0.4 is 0 Å². The number of nitrogens with one attached hydrogen (secondary N) is 1. The van der Waals surface area contributed by atoms with E-state index in [0.717, 1.165) is 17.9 Å². The second kappa shape index (κ2) is 6.31. The predicted octanol–water partition coefficient (Wildman–Crippen LogP) is 3.93. The van der Waals surface area contributed by atoms with Gasteiger partial charge in [0.15, 0.2) is 10.6 Å². The summed E-state index contributed by atoms with van der Waals surface area (Å²) < 4.78 is 2.77. The lowest BCUT2D eigenvalue weighted by atomic mass is 9.85. The summed E-state index contributed by atoms with van der Waals surface area (Å²) in [7, 11) is 0. The van der Waals surface area contributed by atoms with Crippen molar-refractivity contribution in [2.75, 3.05) is 0 Å². The molecule has 2 aromatic heterocycles. The molecule has 0 aliphatic rings. The minimum atomic E-state index is 0.565.